The Morgan fingerprint density at radius 3 is 2.47 bits per heavy atom. The van der Waals surface area contributed by atoms with Crippen molar-refractivity contribution in [1.82, 2.24) is 9.97 Å². The number of rotatable bonds is 6. The molecule has 4 aromatic rings. The number of methoxy groups -OCH3 is 2. The summed E-state index contributed by atoms with van der Waals surface area (Å²) in [6.07, 6.45) is 2.09. The lowest BCUT2D eigenvalue weighted by Crippen LogP contribution is -2.50. The standard InChI is InChI=1S/C25H23N3O5S/c1-15-22(33-18-9-5-4-8-17(18)32-15)24(29)28(14-16-7-6-12-26-13-16)25-27-21-19(30-2)10-11-20(31-3)23(21)34-25/h4-13,15,22H,14H2,1-3H3. The Morgan fingerprint density at radius 2 is 1.76 bits per heavy atom. The summed E-state index contributed by atoms with van der Waals surface area (Å²) < 4.78 is 23.9. The molecule has 0 spiro atoms. The number of ether oxygens (including phenoxy) is 4. The fourth-order valence-electron chi connectivity index (χ4n) is 3.85. The molecule has 5 rings (SSSR count). The van der Waals surface area contributed by atoms with Crippen molar-refractivity contribution in [2.24, 2.45) is 0 Å². The van der Waals surface area contributed by atoms with Crippen LogP contribution in [0, 0.1) is 0 Å². The predicted molar refractivity (Wildman–Crippen MR) is 129 cm³/mol. The van der Waals surface area contributed by atoms with Gasteiger partial charge in [-0.2, -0.15) is 0 Å². The highest BCUT2D eigenvalue weighted by molar-refractivity contribution is 7.22. The van der Waals surface area contributed by atoms with Crippen LogP contribution in [0.15, 0.2) is 60.9 Å². The summed E-state index contributed by atoms with van der Waals surface area (Å²) in [7, 11) is 3.19. The van der Waals surface area contributed by atoms with E-state index in [9.17, 15) is 4.79 Å². The molecule has 0 fully saturated rings. The number of thiazole rings is 1. The zero-order valence-corrected chi connectivity index (χ0v) is 19.7. The molecule has 0 aliphatic carbocycles. The fourth-order valence-corrected chi connectivity index (χ4v) is 4.93. The summed E-state index contributed by atoms with van der Waals surface area (Å²) in [6.45, 7) is 2.09. The first-order valence-corrected chi connectivity index (χ1v) is 11.5. The summed E-state index contributed by atoms with van der Waals surface area (Å²) in [5, 5.41) is 0.501. The van der Waals surface area contributed by atoms with Crippen LogP contribution in [0.5, 0.6) is 23.0 Å². The van der Waals surface area contributed by atoms with E-state index in [-0.39, 0.29) is 12.5 Å². The van der Waals surface area contributed by atoms with Crippen LogP contribution in [-0.4, -0.2) is 42.3 Å². The van der Waals surface area contributed by atoms with Crippen LogP contribution in [0.3, 0.4) is 0 Å². The van der Waals surface area contributed by atoms with E-state index in [0.717, 1.165) is 10.3 Å². The average molecular weight is 478 g/mol. The van der Waals surface area contributed by atoms with E-state index in [1.807, 2.05) is 43.3 Å². The number of amides is 1. The Bertz CT molecular complexity index is 1290. The maximum atomic E-state index is 13.9. The Kier molecular flexibility index (Phi) is 5.93. The van der Waals surface area contributed by atoms with Crippen LogP contribution in [0.4, 0.5) is 5.13 Å². The van der Waals surface area contributed by atoms with Gasteiger partial charge in [0.1, 0.15) is 27.8 Å². The van der Waals surface area contributed by atoms with Crippen molar-refractivity contribution in [2.75, 3.05) is 19.1 Å². The quantitative estimate of drug-likeness (QED) is 0.405. The summed E-state index contributed by atoms with van der Waals surface area (Å²) in [4.78, 5) is 24.5. The molecule has 8 nitrogen and oxygen atoms in total. The molecule has 3 heterocycles. The lowest BCUT2D eigenvalue weighted by atomic mass is 10.1. The molecule has 174 valence electrons. The zero-order chi connectivity index (χ0) is 23.7. The van der Waals surface area contributed by atoms with Crippen LogP contribution in [0.25, 0.3) is 10.2 Å². The summed E-state index contributed by atoms with van der Waals surface area (Å²) in [6, 6.07) is 14.7. The maximum absolute atomic E-state index is 13.9. The Labute approximate surface area is 200 Å². The number of hydrogen-bond acceptors (Lipinski definition) is 8. The van der Waals surface area contributed by atoms with Crippen molar-refractivity contribution < 1.29 is 23.7 Å². The van der Waals surface area contributed by atoms with E-state index in [4.69, 9.17) is 23.9 Å². The molecule has 9 heteroatoms. The molecule has 0 N–H and O–H groups in total. The topological polar surface area (TPSA) is 83.0 Å². The number of pyridine rings is 1. The molecule has 34 heavy (non-hydrogen) atoms. The molecule has 0 radical (unpaired) electrons. The summed E-state index contributed by atoms with van der Waals surface area (Å²) >= 11 is 1.36. The molecular formula is C25H23N3O5S. The molecule has 1 amide bonds. The minimum Gasteiger partial charge on any atom is -0.495 e. The highest BCUT2D eigenvalue weighted by Gasteiger charge is 2.38. The largest absolute Gasteiger partial charge is 0.495 e. The van der Waals surface area contributed by atoms with Gasteiger partial charge in [-0.3, -0.25) is 14.7 Å². The number of benzene rings is 2. The van der Waals surface area contributed by atoms with Gasteiger partial charge in [-0.25, -0.2) is 4.98 Å². The van der Waals surface area contributed by atoms with E-state index in [0.29, 0.717) is 33.6 Å². The molecule has 1 aliphatic rings. The lowest BCUT2D eigenvalue weighted by molar-refractivity contribution is -0.130. The lowest BCUT2D eigenvalue weighted by Gasteiger charge is -2.33. The van der Waals surface area contributed by atoms with Gasteiger partial charge in [0.05, 0.1) is 20.8 Å². The number of carbonyl (C=O) groups excluding carboxylic acids is 1. The molecule has 2 aromatic heterocycles. The molecule has 2 aromatic carbocycles. The number of anilines is 1. The highest BCUT2D eigenvalue weighted by Crippen LogP contribution is 2.41. The van der Waals surface area contributed by atoms with Gasteiger partial charge >= 0.3 is 0 Å². The zero-order valence-electron chi connectivity index (χ0n) is 18.9. The van der Waals surface area contributed by atoms with Crippen molar-refractivity contribution >= 4 is 32.6 Å². The van der Waals surface area contributed by atoms with Gasteiger partial charge in [0.15, 0.2) is 16.6 Å². The number of nitrogens with zero attached hydrogens (tertiary/aromatic N) is 3. The normalized spacial score (nSPS) is 16.8. The number of carbonyl (C=O) groups is 1. The second kappa shape index (κ2) is 9.18. The van der Waals surface area contributed by atoms with Crippen molar-refractivity contribution in [3.63, 3.8) is 0 Å². The number of hydrogen-bond donors (Lipinski definition) is 0. The third-order valence-electron chi connectivity index (χ3n) is 5.55. The third kappa shape index (κ3) is 3.99. The molecule has 1 aliphatic heterocycles. The van der Waals surface area contributed by atoms with Gasteiger partial charge in [0.2, 0.25) is 6.10 Å². The SMILES string of the molecule is COc1ccc(OC)c2sc(N(Cc3cccnc3)C(=O)C3Oc4ccccc4OC3C)nc12. The molecule has 2 unspecified atom stereocenters. The van der Waals surface area contributed by atoms with Gasteiger partial charge in [0.25, 0.3) is 5.91 Å². The molecule has 0 bridgehead atoms. The van der Waals surface area contributed by atoms with Crippen LogP contribution < -0.4 is 23.8 Å². The van der Waals surface area contributed by atoms with Crippen molar-refractivity contribution in [3.8, 4) is 23.0 Å². The van der Waals surface area contributed by atoms with Crippen LogP contribution in [0.1, 0.15) is 12.5 Å². The first kappa shape index (κ1) is 22.0. The van der Waals surface area contributed by atoms with Gasteiger partial charge in [-0.1, -0.05) is 29.5 Å². The van der Waals surface area contributed by atoms with Gasteiger partial charge in [0, 0.05) is 12.4 Å². The monoisotopic (exact) mass is 477 g/mol. The number of para-hydroxylation sites is 2. The smallest absolute Gasteiger partial charge is 0.274 e. The average Bonchev–Trinajstić information content (AvgIpc) is 3.32. The minimum absolute atomic E-state index is 0.261. The number of aromatic nitrogens is 2. The van der Waals surface area contributed by atoms with Crippen LogP contribution in [-0.2, 0) is 11.3 Å². The third-order valence-corrected chi connectivity index (χ3v) is 6.64. The van der Waals surface area contributed by atoms with E-state index >= 15 is 0 Å². The number of fused-ring (bicyclic) bond motifs is 2. The molecule has 0 saturated heterocycles. The van der Waals surface area contributed by atoms with Gasteiger partial charge in [-0.15, -0.1) is 0 Å². The maximum Gasteiger partial charge on any atom is 0.274 e. The summed E-state index contributed by atoms with van der Waals surface area (Å²) in [5.41, 5.74) is 1.49. The van der Waals surface area contributed by atoms with Crippen molar-refractivity contribution in [2.45, 2.75) is 25.7 Å². The Balaban J connectivity index is 1.57. The molecular weight excluding hydrogens is 454 g/mol. The van der Waals surface area contributed by atoms with Crippen LogP contribution >= 0.6 is 11.3 Å². The van der Waals surface area contributed by atoms with Gasteiger partial charge < -0.3 is 18.9 Å². The predicted octanol–water partition coefficient (Wildman–Crippen LogP) is 4.47. The second-order valence-electron chi connectivity index (χ2n) is 7.74. The Hall–Kier alpha value is -3.85. The molecule has 2 atom stereocenters. The van der Waals surface area contributed by atoms with E-state index in [1.54, 1.807) is 43.6 Å². The van der Waals surface area contributed by atoms with Crippen molar-refractivity contribution in [3.05, 3.63) is 66.5 Å². The van der Waals surface area contributed by atoms with E-state index in [2.05, 4.69) is 4.98 Å². The fraction of sp³-hybridized carbons (Fsp3) is 0.240. The first-order chi connectivity index (χ1) is 16.6. The second-order valence-corrected chi connectivity index (χ2v) is 8.72. The Morgan fingerprint density at radius 1 is 1.03 bits per heavy atom. The van der Waals surface area contributed by atoms with Crippen molar-refractivity contribution in [1.29, 1.82) is 0 Å². The van der Waals surface area contributed by atoms with E-state index < -0.39 is 12.2 Å². The van der Waals surface area contributed by atoms with Crippen LogP contribution in [0.2, 0.25) is 0 Å². The minimum atomic E-state index is -0.845. The highest BCUT2D eigenvalue weighted by atomic mass is 32.1. The summed E-state index contributed by atoms with van der Waals surface area (Å²) in [5.74, 6) is 2.16. The van der Waals surface area contributed by atoms with Gasteiger partial charge in [-0.05, 0) is 42.8 Å². The first-order valence-electron chi connectivity index (χ1n) is 10.7. The van der Waals surface area contributed by atoms with E-state index in [1.165, 1.54) is 11.3 Å². The molecule has 0 saturated carbocycles.